The smallest absolute Gasteiger partial charge is 0.247 e. The Balaban J connectivity index is 1.59. The summed E-state index contributed by atoms with van der Waals surface area (Å²) < 4.78 is 6.73. The molecule has 0 aliphatic rings. The molecule has 3 aromatic rings. The van der Waals surface area contributed by atoms with Gasteiger partial charge in [-0.05, 0) is 37.1 Å². The summed E-state index contributed by atoms with van der Waals surface area (Å²) in [5, 5.41) is 10.0. The van der Waals surface area contributed by atoms with Gasteiger partial charge in [0, 0.05) is 12.7 Å². The third-order valence-corrected chi connectivity index (χ3v) is 4.79. The number of nitrogens with zero attached hydrogens (tertiary/aromatic N) is 2. The number of anilines is 1. The van der Waals surface area contributed by atoms with Crippen LogP contribution in [0, 0.1) is 0 Å². The molecule has 0 unspecified atom stereocenters. The average Bonchev–Trinajstić information content (AvgIpc) is 3.22. The van der Waals surface area contributed by atoms with Gasteiger partial charge in [0.1, 0.15) is 11.3 Å². The Bertz CT molecular complexity index is 1010. The zero-order valence-corrected chi connectivity index (χ0v) is 17.4. The van der Waals surface area contributed by atoms with E-state index in [4.69, 9.17) is 4.74 Å². The van der Waals surface area contributed by atoms with Crippen LogP contribution in [-0.4, -0.2) is 28.7 Å². The van der Waals surface area contributed by atoms with Crippen molar-refractivity contribution in [3.05, 3.63) is 78.1 Å². The van der Waals surface area contributed by atoms with Crippen LogP contribution in [0.25, 0.3) is 0 Å². The summed E-state index contributed by atoms with van der Waals surface area (Å²) in [6, 6.07) is 17.1. The number of ether oxygens (including phenoxy) is 1. The van der Waals surface area contributed by atoms with E-state index in [1.165, 1.54) is 6.20 Å². The van der Waals surface area contributed by atoms with Crippen LogP contribution in [0.2, 0.25) is 0 Å². The third-order valence-electron chi connectivity index (χ3n) is 4.79. The van der Waals surface area contributed by atoms with Gasteiger partial charge in [-0.1, -0.05) is 42.5 Å². The number of hydrogen-bond acceptors (Lipinski definition) is 4. The Morgan fingerprint density at radius 1 is 1.07 bits per heavy atom. The number of hydrogen-bond donors (Lipinski definition) is 2. The Morgan fingerprint density at radius 3 is 2.53 bits per heavy atom. The molecule has 0 saturated carbocycles. The highest BCUT2D eigenvalue weighted by Crippen LogP contribution is 2.18. The van der Waals surface area contributed by atoms with Crippen molar-refractivity contribution in [2.45, 2.75) is 32.4 Å². The lowest BCUT2D eigenvalue weighted by Gasteiger charge is -2.24. The predicted octanol–water partition coefficient (Wildman–Crippen LogP) is 3.12. The second-order valence-corrected chi connectivity index (χ2v) is 7.48. The molecule has 7 heteroatoms. The van der Waals surface area contributed by atoms with E-state index in [2.05, 4.69) is 15.7 Å². The Morgan fingerprint density at radius 2 is 1.80 bits per heavy atom. The lowest BCUT2D eigenvalue weighted by atomic mass is 10.0. The highest BCUT2D eigenvalue weighted by atomic mass is 16.5. The monoisotopic (exact) mass is 406 g/mol. The van der Waals surface area contributed by atoms with Gasteiger partial charge in [-0.25, -0.2) is 0 Å². The zero-order chi connectivity index (χ0) is 21.6. The number of amides is 2. The lowest BCUT2D eigenvalue weighted by Crippen LogP contribution is -2.44. The lowest BCUT2D eigenvalue weighted by molar-refractivity contribution is -0.129. The summed E-state index contributed by atoms with van der Waals surface area (Å²) in [5.41, 5.74) is 1.49. The van der Waals surface area contributed by atoms with Gasteiger partial charge in [-0.15, -0.1) is 0 Å². The van der Waals surface area contributed by atoms with Crippen LogP contribution >= 0.6 is 0 Å². The van der Waals surface area contributed by atoms with Crippen LogP contribution < -0.4 is 15.4 Å². The van der Waals surface area contributed by atoms with Gasteiger partial charge >= 0.3 is 0 Å². The van der Waals surface area contributed by atoms with E-state index in [1.807, 2.05) is 54.6 Å². The Kier molecular flexibility index (Phi) is 6.51. The molecule has 3 rings (SSSR count). The van der Waals surface area contributed by atoms with E-state index in [9.17, 15) is 9.59 Å². The first-order valence-corrected chi connectivity index (χ1v) is 9.68. The van der Waals surface area contributed by atoms with Gasteiger partial charge in [0.25, 0.3) is 0 Å². The molecule has 156 valence electrons. The van der Waals surface area contributed by atoms with Gasteiger partial charge in [-0.2, -0.15) is 5.10 Å². The van der Waals surface area contributed by atoms with Crippen molar-refractivity contribution in [1.82, 2.24) is 15.1 Å². The van der Waals surface area contributed by atoms with Crippen molar-refractivity contribution in [3.63, 3.8) is 0 Å². The first-order valence-electron chi connectivity index (χ1n) is 9.68. The number of rotatable bonds is 8. The molecular weight excluding hydrogens is 380 g/mol. The van der Waals surface area contributed by atoms with Crippen molar-refractivity contribution < 1.29 is 14.3 Å². The molecule has 1 heterocycles. The van der Waals surface area contributed by atoms with Gasteiger partial charge in [0.2, 0.25) is 11.8 Å². The van der Waals surface area contributed by atoms with Gasteiger partial charge in [0.05, 0.1) is 25.4 Å². The summed E-state index contributed by atoms with van der Waals surface area (Å²) >= 11 is 0. The fourth-order valence-electron chi connectivity index (χ4n) is 2.96. The summed E-state index contributed by atoms with van der Waals surface area (Å²) in [6.45, 7) is 4.00. The largest absolute Gasteiger partial charge is 0.497 e. The second kappa shape index (κ2) is 9.26. The van der Waals surface area contributed by atoms with Gasteiger partial charge < -0.3 is 15.4 Å². The third kappa shape index (κ3) is 5.26. The fourth-order valence-corrected chi connectivity index (χ4v) is 2.96. The molecule has 0 bridgehead atoms. The molecule has 0 aliphatic heterocycles. The van der Waals surface area contributed by atoms with Crippen LogP contribution in [0.4, 0.5) is 5.69 Å². The molecule has 30 heavy (non-hydrogen) atoms. The maximum absolute atomic E-state index is 12.7. The molecular formula is C23H26N4O3. The summed E-state index contributed by atoms with van der Waals surface area (Å²) in [6.07, 6.45) is 3.41. The SMILES string of the molecule is COc1cccc(CC(=O)Nc2cnn(C(C)(C)C(=O)NCc3ccccc3)c2)c1. The van der Waals surface area contributed by atoms with Gasteiger partial charge in [0.15, 0.2) is 0 Å². The normalized spacial score (nSPS) is 11.0. The minimum absolute atomic E-state index is 0.163. The summed E-state index contributed by atoms with van der Waals surface area (Å²) in [7, 11) is 1.59. The van der Waals surface area contributed by atoms with Crippen molar-refractivity contribution in [1.29, 1.82) is 0 Å². The molecule has 0 atom stereocenters. The average molecular weight is 406 g/mol. The molecule has 0 radical (unpaired) electrons. The fraction of sp³-hybridized carbons (Fsp3) is 0.261. The highest BCUT2D eigenvalue weighted by Gasteiger charge is 2.30. The van der Waals surface area contributed by atoms with E-state index < -0.39 is 5.54 Å². The molecule has 1 aromatic heterocycles. The van der Waals surface area contributed by atoms with E-state index in [0.717, 1.165) is 11.1 Å². The molecule has 0 saturated heterocycles. The van der Waals surface area contributed by atoms with E-state index in [-0.39, 0.29) is 18.2 Å². The van der Waals surface area contributed by atoms with Crippen molar-refractivity contribution in [3.8, 4) is 5.75 Å². The zero-order valence-electron chi connectivity index (χ0n) is 17.4. The molecule has 0 fully saturated rings. The number of methoxy groups -OCH3 is 1. The van der Waals surface area contributed by atoms with E-state index in [0.29, 0.717) is 18.0 Å². The number of aromatic nitrogens is 2. The standard InChI is InChI=1S/C23H26N4O3/c1-23(2,22(29)24-14-17-8-5-4-6-9-17)27-16-19(15-25-27)26-21(28)13-18-10-7-11-20(12-18)30-3/h4-12,15-16H,13-14H2,1-3H3,(H,24,29)(H,26,28). The first kappa shape index (κ1) is 21.1. The Labute approximate surface area is 176 Å². The maximum Gasteiger partial charge on any atom is 0.247 e. The highest BCUT2D eigenvalue weighted by molar-refractivity contribution is 5.92. The van der Waals surface area contributed by atoms with Crippen LogP contribution in [0.3, 0.4) is 0 Å². The van der Waals surface area contributed by atoms with E-state index in [1.54, 1.807) is 31.8 Å². The van der Waals surface area contributed by atoms with Crippen LogP contribution in [0.15, 0.2) is 67.0 Å². The van der Waals surface area contributed by atoms with Gasteiger partial charge in [-0.3, -0.25) is 14.3 Å². The Hall–Kier alpha value is -3.61. The minimum Gasteiger partial charge on any atom is -0.497 e. The molecule has 0 aliphatic carbocycles. The quantitative estimate of drug-likeness (QED) is 0.602. The van der Waals surface area contributed by atoms with Crippen molar-refractivity contribution in [2.24, 2.45) is 0 Å². The predicted molar refractivity (Wildman–Crippen MR) is 115 cm³/mol. The maximum atomic E-state index is 12.7. The first-order chi connectivity index (χ1) is 14.4. The number of nitrogens with one attached hydrogen (secondary N) is 2. The molecule has 0 spiro atoms. The number of carbonyl (C=O) groups is 2. The number of carbonyl (C=O) groups excluding carboxylic acids is 2. The van der Waals surface area contributed by atoms with Crippen molar-refractivity contribution >= 4 is 17.5 Å². The second-order valence-electron chi connectivity index (χ2n) is 7.48. The topological polar surface area (TPSA) is 85.2 Å². The molecule has 7 nitrogen and oxygen atoms in total. The van der Waals surface area contributed by atoms with Crippen LogP contribution in [0.5, 0.6) is 5.75 Å². The molecule has 2 aromatic carbocycles. The van der Waals surface area contributed by atoms with Crippen LogP contribution in [0.1, 0.15) is 25.0 Å². The molecule has 2 N–H and O–H groups in total. The van der Waals surface area contributed by atoms with Crippen LogP contribution in [-0.2, 0) is 28.1 Å². The van der Waals surface area contributed by atoms with Crippen molar-refractivity contribution in [2.75, 3.05) is 12.4 Å². The number of benzene rings is 2. The minimum atomic E-state index is -0.912. The summed E-state index contributed by atoms with van der Waals surface area (Å²) in [5.74, 6) is 0.370. The van der Waals surface area contributed by atoms with E-state index >= 15 is 0 Å². The molecule has 2 amide bonds. The summed E-state index contributed by atoms with van der Waals surface area (Å²) in [4.78, 5) is 25.1.